The fraction of sp³-hybridized carbons (Fsp3) is 0.720. The maximum absolute atomic E-state index is 12.3. The van der Waals surface area contributed by atoms with Crippen molar-refractivity contribution in [2.24, 2.45) is 52.5 Å². The maximum Gasteiger partial charge on any atom is 0.309 e. The molecule has 0 spiro atoms. The average Bonchev–Trinajstić information content (AvgIpc) is 3.86. The molecule has 0 aliphatic carbocycles. The van der Waals surface area contributed by atoms with Crippen LogP contribution in [0.3, 0.4) is 0 Å². The third-order valence-electron chi connectivity index (χ3n) is 12.7. The molecule has 2 fully saturated rings. The van der Waals surface area contributed by atoms with Gasteiger partial charge in [0, 0.05) is 45.2 Å². The topological polar surface area (TPSA) is 157 Å². The van der Waals surface area contributed by atoms with E-state index in [2.05, 4.69) is 79.6 Å². The molecule has 2 aliphatic rings. The highest BCUT2D eigenvalue weighted by atomic mass is 79.9. The first-order valence-electron chi connectivity index (χ1n) is 23.2. The molecule has 0 aromatic heterocycles. The third-order valence-corrected chi connectivity index (χ3v) is 13.6. The van der Waals surface area contributed by atoms with Gasteiger partial charge in [0.15, 0.2) is 23.0 Å². The smallest absolute Gasteiger partial charge is 0.309 e. The summed E-state index contributed by atoms with van der Waals surface area (Å²) in [6, 6.07) is 11.8. The summed E-state index contributed by atoms with van der Waals surface area (Å²) in [5.41, 5.74) is 11.5. The van der Waals surface area contributed by atoms with E-state index < -0.39 is 0 Å². The first-order valence-corrected chi connectivity index (χ1v) is 24.1. The predicted octanol–water partition coefficient (Wildman–Crippen LogP) is 11.2. The number of carbonyl (C=O) groups excluding carboxylic acids is 2. The lowest BCUT2D eigenvalue weighted by atomic mass is 9.82. The van der Waals surface area contributed by atoms with Crippen molar-refractivity contribution in [1.29, 1.82) is 0 Å². The number of alkyl halides is 1. The van der Waals surface area contributed by atoms with E-state index in [-0.39, 0.29) is 58.7 Å². The molecule has 0 saturated carbocycles. The van der Waals surface area contributed by atoms with Crippen LogP contribution in [0.15, 0.2) is 41.5 Å². The molecule has 0 bridgehead atoms. The molecule has 4 unspecified atom stereocenters. The van der Waals surface area contributed by atoms with Crippen molar-refractivity contribution >= 4 is 27.9 Å². The van der Waals surface area contributed by atoms with E-state index >= 15 is 0 Å². The molecule has 14 heteroatoms. The first kappa shape index (κ1) is 54.6. The monoisotopic (exact) mass is 959 g/mol. The van der Waals surface area contributed by atoms with E-state index in [1.165, 1.54) is 5.56 Å². The Balaban J connectivity index is 0.000000341. The van der Waals surface area contributed by atoms with E-state index in [1.54, 1.807) is 28.4 Å². The van der Waals surface area contributed by atoms with Crippen LogP contribution in [0.1, 0.15) is 105 Å². The predicted molar refractivity (Wildman–Crippen MR) is 255 cm³/mol. The number of ether oxygens (including phenoxy) is 8. The lowest BCUT2D eigenvalue weighted by Gasteiger charge is -2.27. The minimum atomic E-state index is -0.377. The summed E-state index contributed by atoms with van der Waals surface area (Å²) in [5.74, 6) is 4.67. The molecule has 360 valence electrons. The van der Waals surface area contributed by atoms with Crippen molar-refractivity contribution in [3.63, 3.8) is 0 Å². The van der Waals surface area contributed by atoms with Crippen LogP contribution in [-0.2, 0) is 41.4 Å². The minimum Gasteiger partial charge on any atom is -0.493 e. The van der Waals surface area contributed by atoms with Gasteiger partial charge in [0.25, 0.3) is 0 Å². The average molecular weight is 961 g/mol. The molecule has 2 aromatic rings. The van der Waals surface area contributed by atoms with Crippen LogP contribution in [0.2, 0.25) is 0 Å². The summed E-state index contributed by atoms with van der Waals surface area (Å²) in [6.45, 7) is 19.5. The summed E-state index contributed by atoms with van der Waals surface area (Å²) in [4.78, 5) is 27.7. The number of benzene rings is 2. The Morgan fingerprint density at radius 3 is 1.48 bits per heavy atom. The Kier molecular flexibility index (Phi) is 24.2. The Bertz CT molecular complexity index is 1750. The zero-order valence-corrected chi connectivity index (χ0v) is 42.3. The second kappa shape index (κ2) is 28.4. The van der Waals surface area contributed by atoms with E-state index in [9.17, 15) is 15.1 Å². The van der Waals surface area contributed by atoms with Crippen molar-refractivity contribution in [3.05, 3.63) is 58.0 Å². The fourth-order valence-corrected chi connectivity index (χ4v) is 9.18. The molecule has 2 saturated heterocycles. The van der Waals surface area contributed by atoms with Gasteiger partial charge in [-0.25, -0.2) is 0 Å². The van der Waals surface area contributed by atoms with Gasteiger partial charge in [-0.1, -0.05) is 88.6 Å². The number of hydrogen-bond acceptors (Lipinski definition) is 11. The normalized spacial score (nSPS) is 20.3. The molecule has 4 rings (SSSR count). The van der Waals surface area contributed by atoms with E-state index in [0.29, 0.717) is 74.4 Å². The van der Waals surface area contributed by atoms with E-state index in [1.807, 2.05) is 38.1 Å². The Labute approximate surface area is 392 Å². The van der Waals surface area contributed by atoms with E-state index in [4.69, 9.17) is 37.9 Å². The molecule has 0 radical (unpaired) electrons. The number of hydrogen-bond donors (Lipinski definition) is 0. The van der Waals surface area contributed by atoms with Crippen LogP contribution < -0.4 is 18.9 Å². The molecule has 13 nitrogen and oxygen atoms in total. The largest absolute Gasteiger partial charge is 0.493 e. The van der Waals surface area contributed by atoms with Crippen LogP contribution in [0, 0.1) is 47.3 Å². The summed E-state index contributed by atoms with van der Waals surface area (Å²) < 4.78 is 44.3. The molecular weight excluding hydrogens is 882 g/mol. The highest BCUT2D eigenvalue weighted by Crippen LogP contribution is 2.38. The summed E-state index contributed by atoms with van der Waals surface area (Å²) in [5, 5.41) is 4.05. The number of methoxy groups -OCH3 is 4. The fourth-order valence-electron chi connectivity index (χ4n) is 8.38. The second-order valence-corrected chi connectivity index (χ2v) is 19.8. The van der Waals surface area contributed by atoms with Crippen LogP contribution in [0.4, 0.5) is 0 Å². The van der Waals surface area contributed by atoms with Gasteiger partial charge >= 0.3 is 11.9 Å². The summed E-state index contributed by atoms with van der Waals surface area (Å²) in [7, 11) is 6.66. The Morgan fingerprint density at radius 2 is 1.09 bits per heavy atom. The molecule has 64 heavy (non-hydrogen) atoms. The first-order chi connectivity index (χ1) is 30.6. The number of cyclic esters (lactones) is 2. The van der Waals surface area contributed by atoms with Gasteiger partial charge in [-0.2, -0.15) is 0 Å². The van der Waals surface area contributed by atoms with Gasteiger partial charge in [-0.05, 0) is 115 Å². The molecule has 2 heterocycles. The summed E-state index contributed by atoms with van der Waals surface area (Å²) in [6.07, 6.45) is 5.97. The van der Waals surface area contributed by atoms with Crippen LogP contribution in [0.5, 0.6) is 23.0 Å². The van der Waals surface area contributed by atoms with E-state index in [0.717, 1.165) is 55.6 Å². The number of nitrogens with zero attached hydrogens (tertiary/aromatic N) is 3. The maximum atomic E-state index is 12.3. The zero-order valence-electron chi connectivity index (χ0n) is 40.7. The van der Waals surface area contributed by atoms with Crippen LogP contribution in [-0.4, -0.2) is 89.9 Å². The van der Waals surface area contributed by atoms with Gasteiger partial charge in [0.1, 0.15) is 12.2 Å². The molecular formula is C50H78BrN3O10. The standard InChI is InChI=1S/C25H39BrO5.C25H39N3O5/c1-16(2)19(14-21(26)23-15-20(17(3)4)25(27)31-23)12-18-8-9-22(29-6)24(13-18)30-11-7-10-28-5;1-16(2)19(14-21(27-28-26)23-15-20(17(3)4)25(29)33-23)12-18-8-9-22(31-6)24(13-18)32-11-7-10-30-5/h8-9,13,16-17,19-21,23H,7,10-12,14-15H2,1-6H3;8-9,13,16-17,19-21,23H,7,10-12,14-15H2,1-6H3/t2*19-,20-,21?,23?/m00/s1. The summed E-state index contributed by atoms with van der Waals surface area (Å²) >= 11 is 3.84. The quantitative estimate of drug-likeness (QED) is 0.0211. The van der Waals surface area contributed by atoms with Crippen molar-refractivity contribution in [2.75, 3.05) is 54.9 Å². The zero-order chi connectivity index (χ0) is 47.3. The van der Waals surface area contributed by atoms with Gasteiger partial charge < -0.3 is 37.9 Å². The SMILES string of the molecule is COCCCOc1cc(C[C@@H](CC(Br)C2C[C@@H](C(C)C)C(=O)O2)C(C)C)ccc1OC.COCCCOc1cc(C[C@@H](CC(N=[N+]=[N-])C2C[C@@H](C(C)C)C(=O)O2)C(C)C)ccc1OC. The van der Waals surface area contributed by atoms with Crippen molar-refractivity contribution in [3.8, 4) is 23.0 Å². The lowest BCUT2D eigenvalue weighted by Crippen LogP contribution is -2.29. The lowest BCUT2D eigenvalue weighted by molar-refractivity contribution is -0.146. The second-order valence-electron chi connectivity index (χ2n) is 18.7. The molecule has 2 aliphatic heterocycles. The number of carbonyl (C=O) groups is 2. The molecule has 0 amide bonds. The number of halogens is 1. The van der Waals surface area contributed by atoms with Gasteiger partial charge in [-0.3, -0.25) is 9.59 Å². The number of rotatable bonds is 27. The Morgan fingerprint density at radius 1 is 0.656 bits per heavy atom. The van der Waals surface area contributed by atoms with Crippen LogP contribution >= 0.6 is 15.9 Å². The minimum absolute atomic E-state index is 0.0157. The third kappa shape index (κ3) is 17.3. The van der Waals surface area contributed by atoms with Gasteiger partial charge in [0.05, 0.1) is 50.1 Å². The van der Waals surface area contributed by atoms with Crippen molar-refractivity contribution in [1.82, 2.24) is 0 Å². The van der Waals surface area contributed by atoms with Crippen molar-refractivity contribution in [2.45, 2.75) is 130 Å². The highest BCUT2D eigenvalue weighted by Gasteiger charge is 2.42. The Hall–Kier alpha value is -3.71. The molecule has 2 aromatic carbocycles. The number of esters is 2. The number of azide groups is 1. The van der Waals surface area contributed by atoms with Crippen molar-refractivity contribution < 1.29 is 47.5 Å². The van der Waals surface area contributed by atoms with Gasteiger partial charge in [-0.15, -0.1) is 0 Å². The highest BCUT2D eigenvalue weighted by molar-refractivity contribution is 9.09. The molecule has 0 N–H and O–H groups in total. The molecule has 8 atom stereocenters. The van der Waals surface area contributed by atoms with Crippen LogP contribution in [0.25, 0.3) is 10.4 Å². The van der Waals surface area contributed by atoms with Gasteiger partial charge in [0.2, 0.25) is 0 Å².